The average Bonchev–Trinajstić information content (AvgIpc) is 2.34. The molecule has 0 radical (unpaired) electrons. The second-order valence-electron chi connectivity index (χ2n) is 4.85. The summed E-state index contributed by atoms with van der Waals surface area (Å²) in [6.45, 7) is 5.49. The third-order valence-corrected chi connectivity index (χ3v) is 3.99. The molecule has 1 fully saturated rings. The summed E-state index contributed by atoms with van der Waals surface area (Å²) in [5.74, 6) is 0.308. The predicted molar refractivity (Wildman–Crippen MR) is 69.4 cm³/mol. The highest BCUT2D eigenvalue weighted by atomic mass is 35.5. The lowest BCUT2D eigenvalue weighted by molar-refractivity contribution is 0.00694. The minimum Gasteiger partial charge on any atom is -0.388 e. The van der Waals surface area contributed by atoms with Gasteiger partial charge in [0, 0.05) is 18.2 Å². The van der Waals surface area contributed by atoms with Gasteiger partial charge in [-0.3, -0.25) is 0 Å². The monoisotopic (exact) mass is 254 g/mol. The minimum absolute atomic E-state index is 0.308. The normalized spacial score (nSPS) is 19.3. The van der Waals surface area contributed by atoms with Crippen molar-refractivity contribution in [3.05, 3.63) is 33.8 Å². The average molecular weight is 255 g/mol. The zero-order chi connectivity index (χ0) is 12.4. The van der Waals surface area contributed by atoms with Crippen LogP contribution in [0.15, 0.2) is 12.1 Å². The molecule has 1 aromatic rings. The van der Waals surface area contributed by atoms with Crippen LogP contribution >= 0.6 is 11.6 Å². The van der Waals surface area contributed by atoms with Crippen LogP contribution in [0, 0.1) is 19.8 Å². The van der Waals surface area contributed by atoms with Crippen molar-refractivity contribution in [1.82, 2.24) is 0 Å². The fourth-order valence-corrected chi connectivity index (χ4v) is 2.63. The van der Waals surface area contributed by atoms with Crippen molar-refractivity contribution in [2.24, 2.45) is 5.92 Å². The van der Waals surface area contributed by atoms with Crippen molar-refractivity contribution in [2.75, 3.05) is 13.2 Å². The molecular formula is C14H19ClO2. The zero-order valence-corrected chi connectivity index (χ0v) is 11.1. The van der Waals surface area contributed by atoms with Gasteiger partial charge in [-0.25, -0.2) is 0 Å². The summed E-state index contributed by atoms with van der Waals surface area (Å²) in [5, 5.41) is 11.2. The molecule has 3 heteroatoms. The van der Waals surface area contributed by atoms with Gasteiger partial charge in [-0.2, -0.15) is 0 Å². The standard InChI is InChI=1S/C14H19ClO2/c1-9-8-13(15)10(2)7-12(9)14(16)11-3-5-17-6-4-11/h7-8,11,14,16H,3-6H2,1-2H3. The van der Waals surface area contributed by atoms with Crippen LogP contribution in [0.5, 0.6) is 0 Å². The van der Waals surface area contributed by atoms with E-state index in [0.717, 1.165) is 47.8 Å². The van der Waals surface area contributed by atoms with Gasteiger partial charge in [-0.15, -0.1) is 0 Å². The molecule has 0 bridgehead atoms. The van der Waals surface area contributed by atoms with Crippen LogP contribution in [0.1, 0.15) is 35.6 Å². The van der Waals surface area contributed by atoms with Gasteiger partial charge in [0.05, 0.1) is 6.10 Å². The molecule has 1 heterocycles. The molecule has 0 spiro atoms. The van der Waals surface area contributed by atoms with Crippen LogP contribution < -0.4 is 0 Å². The number of benzene rings is 1. The zero-order valence-electron chi connectivity index (χ0n) is 10.4. The van der Waals surface area contributed by atoms with Gasteiger partial charge in [-0.05, 0) is 55.4 Å². The van der Waals surface area contributed by atoms with Crippen LogP contribution in [-0.2, 0) is 4.74 Å². The Balaban J connectivity index is 2.23. The first kappa shape index (κ1) is 12.9. The molecule has 1 aromatic carbocycles. The number of aliphatic hydroxyl groups excluding tert-OH is 1. The predicted octanol–water partition coefficient (Wildman–Crippen LogP) is 3.42. The van der Waals surface area contributed by atoms with E-state index in [2.05, 4.69) is 0 Å². The molecule has 17 heavy (non-hydrogen) atoms. The summed E-state index contributed by atoms with van der Waals surface area (Å²) < 4.78 is 5.33. The maximum absolute atomic E-state index is 10.4. The van der Waals surface area contributed by atoms with E-state index in [4.69, 9.17) is 16.3 Å². The van der Waals surface area contributed by atoms with E-state index in [9.17, 15) is 5.11 Å². The molecule has 1 aliphatic rings. The van der Waals surface area contributed by atoms with Gasteiger partial charge in [0.15, 0.2) is 0 Å². The van der Waals surface area contributed by atoms with Crippen molar-refractivity contribution in [3.8, 4) is 0 Å². The molecule has 0 saturated carbocycles. The number of hydrogen-bond acceptors (Lipinski definition) is 2. The third-order valence-electron chi connectivity index (χ3n) is 3.58. The Morgan fingerprint density at radius 2 is 1.88 bits per heavy atom. The van der Waals surface area contributed by atoms with Crippen molar-refractivity contribution < 1.29 is 9.84 Å². The van der Waals surface area contributed by atoms with Crippen LogP contribution in [0.4, 0.5) is 0 Å². The first-order chi connectivity index (χ1) is 8.09. The van der Waals surface area contributed by atoms with E-state index in [1.54, 1.807) is 0 Å². The molecule has 0 aliphatic carbocycles. The minimum atomic E-state index is -0.394. The largest absolute Gasteiger partial charge is 0.388 e. The first-order valence-corrected chi connectivity index (χ1v) is 6.50. The Kier molecular flexibility index (Phi) is 4.08. The van der Waals surface area contributed by atoms with Gasteiger partial charge in [-0.1, -0.05) is 17.7 Å². The smallest absolute Gasteiger partial charge is 0.0822 e. The maximum Gasteiger partial charge on any atom is 0.0822 e. The molecule has 1 N–H and O–H groups in total. The molecule has 0 amide bonds. The van der Waals surface area contributed by atoms with Gasteiger partial charge >= 0.3 is 0 Å². The van der Waals surface area contributed by atoms with E-state index < -0.39 is 6.10 Å². The lowest BCUT2D eigenvalue weighted by atomic mass is 9.87. The lowest BCUT2D eigenvalue weighted by Gasteiger charge is -2.28. The first-order valence-electron chi connectivity index (χ1n) is 6.12. The Hall–Kier alpha value is -0.570. The highest BCUT2D eigenvalue weighted by Gasteiger charge is 2.24. The summed E-state index contributed by atoms with van der Waals surface area (Å²) in [6, 6.07) is 3.95. The van der Waals surface area contributed by atoms with Crippen molar-refractivity contribution >= 4 is 11.6 Å². The van der Waals surface area contributed by atoms with E-state index in [1.165, 1.54) is 0 Å². The summed E-state index contributed by atoms with van der Waals surface area (Å²) in [4.78, 5) is 0. The van der Waals surface area contributed by atoms with Crippen molar-refractivity contribution in [3.63, 3.8) is 0 Å². The SMILES string of the molecule is Cc1cc(C(O)C2CCOCC2)c(C)cc1Cl. The van der Waals surface area contributed by atoms with Gasteiger partial charge in [0.25, 0.3) is 0 Å². The summed E-state index contributed by atoms with van der Waals surface area (Å²) >= 11 is 6.07. The number of rotatable bonds is 2. The van der Waals surface area contributed by atoms with Crippen LogP contribution in [0.3, 0.4) is 0 Å². The molecule has 0 aromatic heterocycles. The molecule has 1 unspecified atom stereocenters. The number of halogens is 1. The van der Waals surface area contributed by atoms with Crippen LogP contribution in [0.25, 0.3) is 0 Å². The van der Waals surface area contributed by atoms with Gasteiger partial charge < -0.3 is 9.84 Å². The molecule has 1 saturated heterocycles. The van der Waals surface area contributed by atoms with E-state index in [0.29, 0.717) is 5.92 Å². The maximum atomic E-state index is 10.4. The van der Waals surface area contributed by atoms with Crippen LogP contribution in [0.2, 0.25) is 5.02 Å². The molecule has 2 nitrogen and oxygen atoms in total. The highest BCUT2D eigenvalue weighted by Crippen LogP contribution is 2.33. The second kappa shape index (κ2) is 5.38. The summed E-state index contributed by atoms with van der Waals surface area (Å²) in [5.41, 5.74) is 3.11. The van der Waals surface area contributed by atoms with E-state index in [-0.39, 0.29) is 0 Å². The summed E-state index contributed by atoms with van der Waals surface area (Å²) in [7, 11) is 0. The third kappa shape index (κ3) is 2.82. The quantitative estimate of drug-likeness (QED) is 0.876. The Labute approximate surface area is 108 Å². The van der Waals surface area contributed by atoms with Crippen LogP contribution in [-0.4, -0.2) is 18.3 Å². The van der Waals surface area contributed by atoms with Crippen molar-refractivity contribution in [1.29, 1.82) is 0 Å². The van der Waals surface area contributed by atoms with Gasteiger partial charge in [0.2, 0.25) is 0 Å². The topological polar surface area (TPSA) is 29.5 Å². The number of aryl methyl sites for hydroxylation is 2. The fourth-order valence-electron chi connectivity index (χ4n) is 2.41. The molecule has 2 rings (SSSR count). The lowest BCUT2D eigenvalue weighted by Crippen LogP contribution is -2.22. The molecular weight excluding hydrogens is 236 g/mol. The van der Waals surface area contributed by atoms with Crippen molar-refractivity contribution in [2.45, 2.75) is 32.8 Å². The fraction of sp³-hybridized carbons (Fsp3) is 0.571. The van der Waals surface area contributed by atoms with E-state index >= 15 is 0 Å². The van der Waals surface area contributed by atoms with E-state index in [1.807, 2.05) is 26.0 Å². The van der Waals surface area contributed by atoms with Gasteiger partial charge in [0.1, 0.15) is 0 Å². The Morgan fingerprint density at radius 1 is 1.24 bits per heavy atom. The number of ether oxygens (including phenoxy) is 1. The number of hydrogen-bond donors (Lipinski definition) is 1. The highest BCUT2D eigenvalue weighted by molar-refractivity contribution is 6.31. The Bertz CT molecular complexity index is 397. The Morgan fingerprint density at radius 3 is 2.53 bits per heavy atom. The molecule has 1 aliphatic heterocycles. The summed E-state index contributed by atoms with van der Waals surface area (Å²) in [6.07, 6.45) is 1.47. The second-order valence-corrected chi connectivity index (χ2v) is 5.26. The number of aliphatic hydroxyl groups is 1. The molecule has 1 atom stereocenters. The molecule has 94 valence electrons.